The molecule has 0 amide bonds. The lowest BCUT2D eigenvalue weighted by atomic mass is 10.2. The predicted molar refractivity (Wildman–Crippen MR) is 71.3 cm³/mol. The largest absolute Gasteiger partial charge is 0.492 e. The molecule has 0 radical (unpaired) electrons. The number of rotatable bonds is 7. The quantitative estimate of drug-likeness (QED) is 0.359. The molecule has 0 aromatic heterocycles. The highest BCUT2D eigenvalue weighted by molar-refractivity contribution is 6.34. The molecule has 1 N–H and O–H groups in total. The molecule has 0 atom stereocenters. The number of nitrogens with zero attached hydrogens (tertiary/aromatic N) is 1. The topological polar surface area (TPSA) is 98.9 Å². The van der Waals surface area contributed by atoms with Crippen molar-refractivity contribution in [1.29, 1.82) is 0 Å². The molecule has 0 saturated carbocycles. The fraction of sp³-hybridized carbons (Fsp3) is 0.417. The van der Waals surface area contributed by atoms with Crippen molar-refractivity contribution in [3.8, 4) is 5.75 Å². The van der Waals surface area contributed by atoms with Crippen LogP contribution in [-0.2, 0) is 4.74 Å². The number of hydrogen-bond donors (Lipinski definition) is 1. The summed E-state index contributed by atoms with van der Waals surface area (Å²) in [5.41, 5.74) is -0.446. The van der Waals surface area contributed by atoms with Crippen molar-refractivity contribution < 1.29 is 24.3 Å². The van der Waals surface area contributed by atoms with Crippen LogP contribution in [0.2, 0.25) is 5.02 Å². The van der Waals surface area contributed by atoms with E-state index in [1.54, 1.807) is 6.92 Å². The van der Waals surface area contributed by atoms with E-state index < -0.39 is 16.6 Å². The van der Waals surface area contributed by atoms with E-state index in [2.05, 4.69) is 0 Å². The third kappa shape index (κ3) is 4.07. The lowest BCUT2D eigenvalue weighted by Crippen LogP contribution is -2.07. The van der Waals surface area contributed by atoms with Gasteiger partial charge in [0.05, 0.1) is 23.7 Å². The van der Waals surface area contributed by atoms with Gasteiger partial charge in [0, 0.05) is 19.1 Å². The van der Waals surface area contributed by atoms with Crippen LogP contribution >= 0.6 is 11.6 Å². The van der Waals surface area contributed by atoms with Crippen LogP contribution in [0.1, 0.15) is 23.7 Å². The Morgan fingerprint density at radius 3 is 2.75 bits per heavy atom. The molecule has 110 valence electrons. The van der Waals surface area contributed by atoms with Gasteiger partial charge < -0.3 is 14.6 Å². The lowest BCUT2D eigenvalue weighted by Gasteiger charge is -2.09. The van der Waals surface area contributed by atoms with Gasteiger partial charge in [0.1, 0.15) is 5.75 Å². The zero-order chi connectivity index (χ0) is 15.1. The molecule has 1 aromatic rings. The maximum Gasteiger partial charge on any atom is 0.338 e. The van der Waals surface area contributed by atoms with Crippen LogP contribution in [-0.4, -0.2) is 35.8 Å². The number of ether oxygens (including phenoxy) is 2. The van der Waals surface area contributed by atoms with Gasteiger partial charge in [-0.3, -0.25) is 10.1 Å². The molecule has 7 nitrogen and oxygen atoms in total. The Kier molecular flexibility index (Phi) is 6.20. The second-order valence-corrected chi connectivity index (χ2v) is 4.09. The first-order chi connectivity index (χ1) is 9.51. The number of aliphatic hydroxyl groups is 1. The zero-order valence-corrected chi connectivity index (χ0v) is 11.6. The van der Waals surface area contributed by atoms with Gasteiger partial charge in [-0.05, 0) is 13.0 Å². The number of nitro benzene ring substituents is 1. The number of carbonyl (C=O) groups excluding carboxylic acids is 1. The van der Waals surface area contributed by atoms with Gasteiger partial charge in [0.15, 0.2) is 5.02 Å². The predicted octanol–water partition coefficient (Wildman–Crippen LogP) is 2.19. The molecule has 0 bridgehead atoms. The normalized spacial score (nSPS) is 10.2. The number of benzene rings is 1. The average Bonchev–Trinajstić information content (AvgIpc) is 2.40. The van der Waals surface area contributed by atoms with E-state index in [1.165, 1.54) is 6.07 Å². The lowest BCUT2D eigenvalue weighted by molar-refractivity contribution is -0.384. The third-order valence-corrected chi connectivity index (χ3v) is 2.67. The number of halogens is 1. The van der Waals surface area contributed by atoms with E-state index in [9.17, 15) is 14.9 Å². The van der Waals surface area contributed by atoms with Crippen molar-refractivity contribution in [1.82, 2.24) is 0 Å². The Labute approximate surface area is 120 Å². The van der Waals surface area contributed by atoms with Crippen molar-refractivity contribution in [2.75, 3.05) is 19.8 Å². The van der Waals surface area contributed by atoms with E-state index in [0.29, 0.717) is 6.42 Å². The molecule has 20 heavy (non-hydrogen) atoms. The van der Waals surface area contributed by atoms with Crippen LogP contribution in [0.4, 0.5) is 5.69 Å². The van der Waals surface area contributed by atoms with Crippen molar-refractivity contribution in [3.63, 3.8) is 0 Å². The van der Waals surface area contributed by atoms with Crippen LogP contribution < -0.4 is 4.74 Å². The smallest absolute Gasteiger partial charge is 0.338 e. The number of nitro groups is 1. The van der Waals surface area contributed by atoms with Gasteiger partial charge in [0.25, 0.3) is 5.69 Å². The fourth-order valence-corrected chi connectivity index (χ4v) is 1.63. The molecule has 0 aliphatic carbocycles. The highest BCUT2D eigenvalue weighted by atomic mass is 35.5. The Hall–Kier alpha value is -1.86. The van der Waals surface area contributed by atoms with Crippen molar-refractivity contribution >= 4 is 23.3 Å². The van der Waals surface area contributed by atoms with Gasteiger partial charge in [0.2, 0.25) is 0 Å². The standard InChI is InChI=1S/C12H14ClNO6/c1-2-19-12(16)8-6-9(14(17)18)11(13)10(7-8)20-5-3-4-15/h6-7,15H,2-5H2,1H3. The molecule has 0 aliphatic heterocycles. The van der Waals surface area contributed by atoms with Gasteiger partial charge >= 0.3 is 5.97 Å². The molecule has 0 fully saturated rings. The zero-order valence-electron chi connectivity index (χ0n) is 10.8. The SMILES string of the molecule is CCOC(=O)c1cc(OCCCO)c(Cl)c([N+](=O)[O-])c1. The van der Waals surface area contributed by atoms with Crippen LogP contribution in [0, 0.1) is 10.1 Å². The summed E-state index contributed by atoms with van der Waals surface area (Å²) in [6, 6.07) is 2.32. The van der Waals surface area contributed by atoms with Crippen LogP contribution in [0.5, 0.6) is 5.75 Å². The fourth-order valence-electron chi connectivity index (χ4n) is 1.40. The van der Waals surface area contributed by atoms with Crippen LogP contribution in [0.15, 0.2) is 12.1 Å². The summed E-state index contributed by atoms with van der Waals surface area (Å²) in [4.78, 5) is 21.8. The summed E-state index contributed by atoms with van der Waals surface area (Å²) in [7, 11) is 0. The Morgan fingerprint density at radius 2 is 2.20 bits per heavy atom. The molecular formula is C12H14ClNO6. The van der Waals surface area contributed by atoms with Gasteiger partial charge in [-0.2, -0.15) is 0 Å². The molecular weight excluding hydrogens is 290 g/mol. The molecule has 0 heterocycles. The summed E-state index contributed by atoms with van der Waals surface area (Å²) in [5, 5.41) is 19.4. The Balaban J connectivity index is 3.13. The summed E-state index contributed by atoms with van der Waals surface area (Å²) in [5.74, 6) is -0.684. The van der Waals surface area contributed by atoms with Crippen molar-refractivity contribution in [2.24, 2.45) is 0 Å². The first-order valence-corrected chi connectivity index (χ1v) is 6.27. The maximum absolute atomic E-state index is 11.6. The van der Waals surface area contributed by atoms with E-state index in [1.807, 2.05) is 0 Å². The van der Waals surface area contributed by atoms with E-state index in [0.717, 1.165) is 6.07 Å². The molecule has 0 spiro atoms. The summed E-state index contributed by atoms with van der Waals surface area (Å²) < 4.78 is 10.0. The molecule has 0 saturated heterocycles. The highest BCUT2D eigenvalue weighted by Gasteiger charge is 2.22. The van der Waals surface area contributed by atoms with Crippen LogP contribution in [0.25, 0.3) is 0 Å². The van der Waals surface area contributed by atoms with Gasteiger partial charge in [-0.1, -0.05) is 11.6 Å². The van der Waals surface area contributed by atoms with E-state index in [-0.39, 0.29) is 36.2 Å². The number of aliphatic hydroxyl groups excluding tert-OH is 1. The molecule has 0 aliphatic rings. The van der Waals surface area contributed by atoms with Gasteiger partial charge in [-0.25, -0.2) is 4.79 Å². The van der Waals surface area contributed by atoms with E-state index in [4.69, 9.17) is 26.2 Å². The first-order valence-electron chi connectivity index (χ1n) is 5.90. The summed E-state index contributed by atoms with van der Waals surface area (Å²) in [6.45, 7) is 1.81. The molecule has 0 unspecified atom stereocenters. The molecule has 8 heteroatoms. The number of hydrogen-bond acceptors (Lipinski definition) is 6. The average molecular weight is 304 g/mol. The number of esters is 1. The molecule has 1 rings (SSSR count). The minimum atomic E-state index is -0.704. The van der Waals surface area contributed by atoms with E-state index >= 15 is 0 Å². The van der Waals surface area contributed by atoms with Crippen LogP contribution in [0.3, 0.4) is 0 Å². The maximum atomic E-state index is 11.6. The number of carbonyl (C=O) groups is 1. The Bertz CT molecular complexity index is 505. The Morgan fingerprint density at radius 1 is 1.50 bits per heavy atom. The second kappa shape index (κ2) is 7.66. The summed E-state index contributed by atoms with van der Waals surface area (Å²) >= 11 is 5.86. The monoisotopic (exact) mass is 303 g/mol. The molecule has 1 aromatic carbocycles. The minimum Gasteiger partial charge on any atom is -0.492 e. The minimum absolute atomic E-state index is 0.0115. The van der Waals surface area contributed by atoms with Crippen molar-refractivity contribution in [3.05, 3.63) is 32.8 Å². The third-order valence-electron chi connectivity index (χ3n) is 2.29. The summed E-state index contributed by atoms with van der Waals surface area (Å²) in [6.07, 6.45) is 0.341. The highest BCUT2D eigenvalue weighted by Crippen LogP contribution is 2.35. The van der Waals surface area contributed by atoms with Crippen molar-refractivity contribution in [2.45, 2.75) is 13.3 Å². The van der Waals surface area contributed by atoms with Gasteiger partial charge in [-0.15, -0.1) is 0 Å². The first kappa shape index (κ1) is 16.2. The second-order valence-electron chi connectivity index (χ2n) is 3.71.